The van der Waals surface area contributed by atoms with Crippen molar-refractivity contribution in [1.29, 1.82) is 0 Å². The van der Waals surface area contributed by atoms with Gasteiger partial charge < -0.3 is 30.0 Å². The van der Waals surface area contributed by atoms with E-state index in [1.54, 1.807) is 32.4 Å². The van der Waals surface area contributed by atoms with Crippen LogP contribution >= 0.6 is 0 Å². The van der Waals surface area contributed by atoms with E-state index >= 15 is 0 Å². The van der Waals surface area contributed by atoms with Gasteiger partial charge in [0.1, 0.15) is 12.4 Å². The molecule has 0 fully saturated rings. The van der Waals surface area contributed by atoms with Crippen LogP contribution < -0.4 is 24.8 Å². The third-order valence-electron chi connectivity index (χ3n) is 7.42. The average molecular weight is 549 g/mol. The minimum Gasteiger partial charge on any atom is -0.508 e. The first-order valence-corrected chi connectivity index (χ1v) is 14.0. The van der Waals surface area contributed by atoms with Gasteiger partial charge in [0.2, 0.25) is 0 Å². The largest absolute Gasteiger partial charge is 0.508 e. The second kappa shape index (κ2) is 14.1. The number of ether oxygens (including phenoxy) is 3. The van der Waals surface area contributed by atoms with Crippen LogP contribution in [-0.4, -0.2) is 45.1 Å². The van der Waals surface area contributed by atoms with Crippen LogP contribution in [-0.2, 0) is 19.3 Å². The SMILES string of the molecule is C=CCCNCCOc1ccc(CC(C)Nc2cc(OC)c(OC)cc2C2CCc3cc(O)ccc3C2)cc1F. The lowest BCUT2D eigenvalue weighted by Gasteiger charge is -2.29. The molecule has 3 aromatic rings. The van der Waals surface area contributed by atoms with Crippen LogP contribution in [0.5, 0.6) is 23.0 Å². The number of aryl methyl sites for hydroxylation is 1. The van der Waals surface area contributed by atoms with Crippen LogP contribution in [0.3, 0.4) is 0 Å². The van der Waals surface area contributed by atoms with E-state index in [1.807, 2.05) is 30.3 Å². The van der Waals surface area contributed by atoms with Crippen LogP contribution in [0.4, 0.5) is 10.1 Å². The van der Waals surface area contributed by atoms with Crippen molar-refractivity contribution < 1.29 is 23.7 Å². The first kappa shape index (κ1) is 29.3. The molecule has 3 aromatic carbocycles. The van der Waals surface area contributed by atoms with Gasteiger partial charge in [0.15, 0.2) is 23.1 Å². The fourth-order valence-corrected chi connectivity index (χ4v) is 5.39. The predicted octanol–water partition coefficient (Wildman–Crippen LogP) is 6.41. The highest BCUT2D eigenvalue weighted by atomic mass is 19.1. The molecule has 0 spiro atoms. The van der Waals surface area contributed by atoms with Crippen LogP contribution in [0, 0.1) is 5.82 Å². The van der Waals surface area contributed by atoms with E-state index in [4.69, 9.17) is 14.2 Å². The number of phenolic OH excluding ortho intramolecular Hbond substituents is 1. The minimum atomic E-state index is -0.352. The maximum Gasteiger partial charge on any atom is 0.165 e. The standard InChI is InChI=1S/C33H41FN2O4/c1-5-6-13-35-14-15-40-31-12-7-23(17-29(31)34)16-22(2)36-30-21-33(39-4)32(38-3)20-28(30)26-9-8-25-19-27(37)11-10-24(25)18-26/h5,7,10-12,17,19-22,26,35-37H,1,6,8-9,13-16,18H2,2-4H3. The molecule has 6 nitrogen and oxygen atoms in total. The van der Waals surface area contributed by atoms with Gasteiger partial charge in [-0.25, -0.2) is 4.39 Å². The summed E-state index contributed by atoms with van der Waals surface area (Å²) in [6, 6.07) is 14.9. The summed E-state index contributed by atoms with van der Waals surface area (Å²) in [6.45, 7) is 7.68. The van der Waals surface area contributed by atoms with E-state index in [2.05, 4.69) is 30.2 Å². The molecular formula is C33H41FN2O4. The van der Waals surface area contributed by atoms with Gasteiger partial charge in [-0.2, -0.15) is 0 Å². The number of halogens is 1. The number of nitrogens with one attached hydrogen (secondary N) is 2. The molecule has 7 heteroatoms. The van der Waals surface area contributed by atoms with E-state index in [0.717, 1.165) is 43.5 Å². The number of fused-ring (bicyclic) bond motifs is 1. The molecule has 0 amide bonds. The number of benzene rings is 3. The lowest BCUT2D eigenvalue weighted by Crippen LogP contribution is -2.22. The summed E-state index contributed by atoms with van der Waals surface area (Å²) in [7, 11) is 3.29. The lowest BCUT2D eigenvalue weighted by atomic mass is 9.79. The average Bonchev–Trinajstić information content (AvgIpc) is 2.95. The van der Waals surface area contributed by atoms with Gasteiger partial charge in [0.05, 0.1) is 14.2 Å². The Morgan fingerprint density at radius 3 is 2.58 bits per heavy atom. The molecule has 1 aliphatic rings. The quantitative estimate of drug-likeness (QED) is 0.160. The van der Waals surface area contributed by atoms with Crippen molar-refractivity contribution in [2.45, 2.75) is 51.0 Å². The van der Waals surface area contributed by atoms with Crippen LogP contribution in [0.15, 0.2) is 61.2 Å². The van der Waals surface area contributed by atoms with Crippen molar-refractivity contribution in [1.82, 2.24) is 5.32 Å². The maximum atomic E-state index is 14.8. The number of hydrogen-bond donors (Lipinski definition) is 3. The number of hydrogen-bond acceptors (Lipinski definition) is 6. The fourth-order valence-electron chi connectivity index (χ4n) is 5.39. The molecule has 0 saturated carbocycles. The summed E-state index contributed by atoms with van der Waals surface area (Å²) >= 11 is 0. The molecule has 214 valence electrons. The van der Waals surface area contributed by atoms with Gasteiger partial charge in [0.25, 0.3) is 0 Å². The summed E-state index contributed by atoms with van der Waals surface area (Å²) in [5, 5.41) is 16.8. The van der Waals surface area contributed by atoms with E-state index in [-0.39, 0.29) is 23.5 Å². The fraction of sp³-hybridized carbons (Fsp3) is 0.394. The molecule has 4 rings (SSSR count). The van der Waals surface area contributed by atoms with Crippen molar-refractivity contribution in [3.05, 3.63) is 89.3 Å². The summed E-state index contributed by atoms with van der Waals surface area (Å²) in [5.41, 5.74) is 5.51. The van der Waals surface area contributed by atoms with E-state index in [9.17, 15) is 9.50 Å². The number of methoxy groups -OCH3 is 2. The zero-order valence-electron chi connectivity index (χ0n) is 23.8. The zero-order chi connectivity index (χ0) is 28.5. The highest BCUT2D eigenvalue weighted by molar-refractivity contribution is 5.63. The molecule has 0 heterocycles. The molecule has 0 aromatic heterocycles. The summed E-state index contributed by atoms with van der Waals surface area (Å²) in [6.07, 6.45) is 6.13. The molecule has 0 radical (unpaired) electrons. The van der Waals surface area contributed by atoms with Gasteiger partial charge in [-0.3, -0.25) is 0 Å². The van der Waals surface area contributed by atoms with Crippen LogP contribution in [0.1, 0.15) is 47.9 Å². The molecular weight excluding hydrogens is 507 g/mol. The molecule has 40 heavy (non-hydrogen) atoms. The van der Waals surface area contributed by atoms with Crippen molar-refractivity contribution in [3.63, 3.8) is 0 Å². The Bertz CT molecular complexity index is 1300. The normalized spacial score (nSPS) is 15.2. The monoisotopic (exact) mass is 548 g/mol. The molecule has 3 N–H and O–H groups in total. The van der Waals surface area contributed by atoms with Crippen molar-refractivity contribution in [3.8, 4) is 23.0 Å². The second-order valence-corrected chi connectivity index (χ2v) is 10.4. The lowest BCUT2D eigenvalue weighted by molar-refractivity contribution is 0.299. The maximum absolute atomic E-state index is 14.8. The van der Waals surface area contributed by atoms with Crippen LogP contribution in [0.2, 0.25) is 0 Å². The third-order valence-corrected chi connectivity index (χ3v) is 7.42. The summed E-state index contributed by atoms with van der Waals surface area (Å²) in [5.74, 6) is 1.87. The Labute approximate surface area is 237 Å². The number of anilines is 1. The van der Waals surface area contributed by atoms with Gasteiger partial charge in [-0.05, 0) is 104 Å². The second-order valence-electron chi connectivity index (χ2n) is 10.4. The molecule has 0 saturated heterocycles. The van der Waals surface area contributed by atoms with E-state index in [0.29, 0.717) is 36.8 Å². The Hall–Kier alpha value is -3.71. The topological polar surface area (TPSA) is 72.0 Å². The zero-order valence-corrected chi connectivity index (χ0v) is 23.8. The minimum absolute atomic E-state index is 0.0323. The predicted molar refractivity (Wildman–Crippen MR) is 159 cm³/mol. The highest BCUT2D eigenvalue weighted by Gasteiger charge is 2.25. The van der Waals surface area contributed by atoms with Gasteiger partial charge >= 0.3 is 0 Å². The molecule has 1 aliphatic carbocycles. The van der Waals surface area contributed by atoms with E-state index in [1.165, 1.54) is 16.7 Å². The Morgan fingerprint density at radius 2 is 1.82 bits per heavy atom. The highest BCUT2D eigenvalue weighted by Crippen LogP contribution is 2.42. The van der Waals surface area contributed by atoms with Crippen molar-refractivity contribution in [2.75, 3.05) is 39.2 Å². The first-order chi connectivity index (χ1) is 19.4. The molecule has 2 atom stereocenters. The van der Waals surface area contributed by atoms with E-state index < -0.39 is 0 Å². The van der Waals surface area contributed by atoms with Crippen molar-refractivity contribution >= 4 is 5.69 Å². The summed E-state index contributed by atoms with van der Waals surface area (Å²) < 4.78 is 31.6. The van der Waals surface area contributed by atoms with Gasteiger partial charge in [0, 0.05) is 24.3 Å². The van der Waals surface area contributed by atoms with Gasteiger partial charge in [-0.15, -0.1) is 6.58 Å². The number of rotatable bonds is 14. The Balaban J connectivity index is 1.45. The smallest absolute Gasteiger partial charge is 0.165 e. The molecule has 0 aliphatic heterocycles. The van der Waals surface area contributed by atoms with Crippen LogP contribution in [0.25, 0.3) is 0 Å². The number of aromatic hydroxyl groups is 1. The van der Waals surface area contributed by atoms with Crippen molar-refractivity contribution in [2.24, 2.45) is 0 Å². The van der Waals surface area contributed by atoms with Gasteiger partial charge in [-0.1, -0.05) is 18.2 Å². The first-order valence-electron chi connectivity index (χ1n) is 14.0. The third kappa shape index (κ3) is 7.48. The summed E-state index contributed by atoms with van der Waals surface area (Å²) in [4.78, 5) is 0. The molecule has 0 bridgehead atoms. The number of phenols is 1. The Morgan fingerprint density at radius 1 is 1.02 bits per heavy atom. The molecule has 2 unspecified atom stereocenters. The Kier molecular flexibility index (Phi) is 10.3.